The molecule has 1 saturated heterocycles. The maximum atomic E-state index is 2.85. The molecule has 0 radical (unpaired) electrons. The summed E-state index contributed by atoms with van der Waals surface area (Å²) in [6, 6.07) is 0. The maximum Gasteiger partial charge on any atom is 0.0638 e. The topological polar surface area (TPSA) is 3.24 Å². The molecule has 1 unspecified atom stereocenters. The second kappa shape index (κ2) is 4.72. The molecule has 1 rings (SSSR count). The minimum Gasteiger partial charge on any atom is -0.306 e. The summed E-state index contributed by atoms with van der Waals surface area (Å²) in [7, 11) is -1.89. The van der Waals surface area contributed by atoms with E-state index >= 15 is 0 Å². The average molecular weight is 244 g/mol. The molecule has 3 heteroatoms. The Kier molecular flexibility index (Phi) is 4.23. The Balaban J connectivity index is 2.66. The number of hydrogen-bond acceptors (Lipinski definition) is 1. The molecule has 0 aliphatic carbocycles. The summed E-state index contributed by atoms with van der Waals surface area (Å²) in [5, 5.41) is 0. The van der Waals surface area contributed by atoms with Crippen LogP contribution in [0.4, 0.5) is 0 Å². The van der Waals surface area contributed by atoms with E-state index in [-0.39, 0.29) is 0 Å². The van der Waals surface area contributed by atoms with Gasteiger partial charge in [-0.25, -0.2) is 0 Å². The van der Waals surface area contributed by atoms with E-state index in [2.05, 4.69) is 44.2 Å². The Labute approximate surface area is 98.3 Å². The number of rotatable bonds is 3. The third-order valence-electron chi connectivity index (χ3n) is 3.29. The molecule has 0 amide bonds. The monoisotopic (exact) mass is 243 g/mol. The first-order valence-electron chi connectivity index (χ1n) is 6.44. The fourth-order valence-corrected chi connectivity index (χ4v) is 6.94. The molecule has 0 spiro atoms. The number of piperidine rings is 1. The summed E-state index contributed by atoms with van der Waals surface area (Å²) in [6.45, 7) is 16.5. The third-order valence-corrected chi connectivity index (χ3v) is 7.30. The minimum absolute atomic E-state index is 0.917. The van der Waals surface area contributed by atoms with E-state index in [1.54, 1.807) is 0 Å². The lowest BCUT2D eigenvalue weighted by Gasteiger charge is -2.44. The predicted molar refractivity (Wildman–Crippen MR) is 75.9 cm³/mol. The molecule has 0 saturated carbocycles. The molecule has 1 nitrogen and oxygen atoms in total. The third kappa shape index (κ3) is 4.41. The van der Waals surface area contributed by atoms with E-state index in [4.69, 9.17) is 0 Å². The first-order chi connectivity index (χ1) is 6.70. The van der Waals surface area contributed by atoms with Crippen LogP contribution in [-0.4, -0.2) is 39.4 Å². The second-order valence-corrected chi connectivity index (χ2v) is 18.2. The van der Waals surface area contributed by atoms with Gasteiger partial charge in [0.1, 0.15) is 0 Å². The molecule has 1 aliphatic rings. The first kappa shape index (κ1) is 13.5. The molecule has 0 N–H and O–H groups in total. The normalized spacial score (nSPS) is 25.6. The standard InChI is InChI=1S/C12H29NSi2/c1-14(2,3)11-13-10-8-7-9-12(13)15(4,5)6/h12H,7-11H2,1-6H3. The van der Waals surface area contributed by atoms with Crippen LogP contribution in [0.25, 0.3) is 0 Å². The lowest BCUT2D eigenvalue weighted by molar-refractivity contribution is 0.221. The number of hydrogen-bond donors (Lipinski definition) is 0. The van der Waals surface area contributed by atoms with Gasteiger partial charge >= 0.3 is 0 Å². The Hall–Kier alpha value is 0.394. The smallest absolute Gasteiger partial charge is 0.0638 e. The van der Waals surface area contributed by atoms with Gasteiger partial charge in [-0.05, 0) is 25.6 Å². The molecule has 1 fully saturated rings. The highest BCUT2D eigenvalue weighted by molar-refractivity contribution is 6.78. The van der Waals surface area contributed by atoms with Gasteiger partial charge < -0.3 is 4.90 Å². The van der Waals surface area contributed by atoms with Crippen molar-refractivity contribution in [3.8, 4) is 0 Å². The molecule has 1 heterocycles. The zero-order chi connectivity index (χ0) is 11.7. The fraction of sp³-hybridized carbons (Fsp3) is 1.00. The molecule has 0 aromatic heterocycles. The van der Waals surface area contributed by atoms with Crippen molar-refractivity contribution in [1.82, 2.24) is 4.90 Å². The molecule has 0 aromatic rings. The van der Waals surface area contributed by atoms with Gasteiger partial charge in [0, 0.05) is 5.67 Å². The van der Waals surface area contributed by atoms with Crippen molar-refractivity contribution in [3.05, 3.63) is 0 Å². The van der Waals surface area contributed by atoms with Crippen molar-refractivity contribution < 1.29 is 0 Å². The summed E-state index contributed by atoms with van der Waals surface area (Å²) in [5.74, 6) is 0. The van der Waals surface area contributed by atoms with Crippen molar-refractivity contribution in [3.63, 3.8) is 0 Å². The van der Waals surface area contributed by atoms with Crippen molar-refractivity contribution in [2.24, 2.45) is 0 Å². The zero-order valence-electron chi connectivity index (χ0n) is 11.6. The Morgan fingerprint density at radius 1 is 1.00 bits per heavy atom. The van der Waals surface area contributed by atoms with Gasteiger partial charge in [-0.15, -0.1) is 0 Å². The van der Waals surface area contributed by atoms with Crippen LogP contribution in [0.15, 0.2) is 0 Å². The predicted octanol–water partition coefficient (Wildman–Crippen LogP) is 3.60. The van der Waals surface area contributed by atoms with Crippen molar-refractivity contribution in [2.45, 2.75) is 64.2 Å². The fourth-order valence-electron chi connectivity index (χ4n) is 2.77. The van der Waals surface area contributed by atoms with E-state index in [0.717, 1.165) is 5.67 Å². The van der Waals surface area contributed by atoms with Crippen molar-refractivity contribution in [1.29, 1.82) is 0 Å². The Morgan fingerprint density at radius 3 is 2.07 bits per heavy atom. The summed E-state index contributed by atoms with van der Waals surface area (Å²) in [4.78, 5) is 2.85. The summed E-state index contributed by atoms with van der Waals surface area (Å²) < 4.78 is 0. The maximum absolute atomic E-state index is 2.85. The molecule has 1 atom stereocenters. The van der Waals surface area contributed by atoms with Gasteiger partial charge in [-0.3, -0.25) is 0 Å². The van der Waals surface area contributed by atoms with Crippen LogP contribution in [0.5, 0.6) is 0 Å². The zero-order valence-corrected chi connectivity index (χ0v) is 13.6. The van der Waals surface area contributed by atoms with Crippen LogP contribution in [0.1, 0.15) is 19.3 Å². The molecule has 0 bridgehead atoms. The van der Waals surface area contributed by atoms with Crippen LogP contribution in [0.3, 0.4) is 0 Å². The summed E-state index contributed by atoms with van der Waals surface area (Å²) >= 11 is 0. The minimum atomic E-state index is -0.971. The van der Waals surface area contributed by atoms with Gasteiger partial charge in [-0.1, -0.05) is 45.7 Å². The largest absolute Gasteiger partial charge is 0.306 e. The second-order valence-electron chi connectivity index (χ2n) is 7.41. The van der Waals surface area contributed by atoms with E-state index in [9.17, 15) is 0 Å². The van der Waals surface area contributed by atoms with Gasteiger partial charge in [0.15, 0.2) is 0 Å². The quantitative estimate of drug-likeness (QED) is 0.685. The molecule has 90 valence electrons. The molecule has 1 aliphatic heterocycles. The van der Waals surface area contributed by atoms with Gasteiger partial charge in [0.25, 0.3) is 0 Å². The Bertz CT molecular complexity index is 203. The summed E-state index contributed by atoms with van der Waals surface area (Å²) in [6.07, 6.45) is 5.80. The van der Waals surface area contributed by atoms with Crippen molar-refractivity contribution >= 4 is 16.1 Å². The van der Waals surface area contributed by atoms with E-state index in [1.165, 1.54) is 32.0 Å². The van der Waals surface area contributed by atoms with Gasteiger partial charge in [0.2, 0.25) is 0 Å². The Morgan fingerprint density at radius 2 is 1.60 bits per heavy atom. The van der Waals surface area contributed by atoms with Crippen LogP contribution in [0.2, 0.25) is 39.3 Å². The number of likely N-dealkylation sites (tertiary alicyclic amines) is 1. The van der Waals surface area contributed by atoms with Gasteiger partial charge in [-0.2, -0.15) is 0 Å². The highest BCUT2D eigenvalue weighted by Gasteiger charge is 2.35. The number of nitrogens with zero attached hydrogens (tertiary/aromatic N) is 1. The first-order valence-corrected chi connectivity index (χ1v) is 13.7. The van der Waals surface area contributed by atoms with E-state index < -0.39 is 16.1 Å². The lowest BCUT2D eigenvalue weighted by Crippen LogP contribution is -2.57. The van der Waals surface area contributed by atoms with Crippen LogP contribution >= 0.6 is 0 Å². The highest BCUT2D eigenvalue weighted by atomic mass is 28.3. The van der Waals surface area contributed by atoms with E-state index in [0.29, 0.717) is 0 Å². The average Bonchev–Trinajstić information content (AvgIpc) is 1.99. The van der Waals surface area contributed by atoms with Crippen LogP contribution in [-0.2, 0) is 0 Å². The van der Waals surface area contributed by atoms with Crippen LogP contribution < -0.4 is 0 Å². The summed E-state index contributed by atoms with van der Waals surface area (Å²) in [5.41, 5.74) is 0.956. The molecular formula is C12H29NSi2. The van der Waals surface area contributed by atoms with E-state index in [1.807, 2.05) is 0 Å². The SMILES string of the molecule is C[Si](C)(C)CN1CCCCC1[Si](C)(C)C. The highest BCUT2D eigenvalue weighted by Crippen LogP contribution is 2.26. The van der Waals surface area contributed by atoms with Crippen LogP contribution in [0, 0.1) is 0 Å². The van der Waals surface area contributed by atoms with Gasteiger partial charge in [0.05, 0.1) is 16.1 Å². The lowest BCUT2D eigenvalue weighted by atomic mass is 10.1. The molecule has 0 aromatic carbocycles. The molecule has 15 heavy (non-hydrogen) atoms. The van der Waals surface area contributed by atoms with Crippen molar-refractivity contribution in [2.75, 3.05) is 12.7 Å². The molecular weight excluding hydrogens is 214 g/mol.